The van der Waals surface area contributed by atoms with Gasteiger partial charge in [0.2, 0.25) is 5.91 Å². The quantitative estimate of drug-likeness (QED) is 0.530. The van der Waals surface area contributed by atoms with Gasteiger partial charge in [0, 0.05) is 6.42 Å². The molecule has 0 saturated carbocycles. The van der Waals surface area contributed by atoms with Gasteiger partial charge in [0.05, 0.1) is 19.0 Å². The molecule has 0 unspecified atom stereocenters. The van der Waals surface area contributed by atoms with Crippen LogP contribution in [0.3, 0.4) is 0 Å². The molecule has 2 aromatic carbocycles. The van der Waals surface area contributed by atoms with Gasteiger partial charge in [-0.2, -0.15) is 5.10 Å². The van der Waals surface area contributed by atoms with Crippen LogP contribution in [0.15, 0.2) is 65.8 Å². The van der Waals surface area contributed by atoms with Crippen molar-refractivity contribution in [3.63, 3.8) is 0 Å². The molecule has 30 heavy (non-hydrogen) atoms. The van der Waals surface area contributed by atoms with Gasteiger partial charge in [-0.15, -0.1) is 0 Å². The van der Waals surface area contributed by atoms with Crippen LogP contribution in [0.2, 0.25) is 0 Å². The monoisotopic (exact) mass is 407 g/mol. The highest BCUT2D eigenvalue weighted by atomic mass is 19.1. The third kappa shape index (κ3) is 3.90. The number of hydrogen-bond acceptors (Lipinski definition) is 5. The van der Waals surface area contributed by atoms with E-state index in [2.05, 4.69) is 15.5 Å². The number of carbonyl (C=O) groups excluding carboxylic acids is 1. The molecule has 0 fully saturated rings. The molecule has 152 valence electrons. The van der Waals surface area contributed by atoms with Crippen molar-refractivity contribution in [1.29, 1.82) is 0 Å². The first-order valence-electron chi connectivity index (χ1n) is 9.19. The molecular weight excluding hydrogens is 389 g/mol. The molecule has 9 heteroatoms. The Morgan fingerprint density at radius 1 is 1.13 bits per heavy atom. The molecule has 0 aliphatic rings. The number of methoxy groups -OCH3 is 1. The number of halogens is 1. The lowest BCUT2D eigenvalue weighted by Crippen LogP contribution is -2.33. The van der Waals surface area contributed by atoms with Crippen molar-refractivity contribution < 1.29 is 13.9 Å². The molecule has 1 amide bonds. The maximum absolute atomic E-state index is 13.1. The summed E-state index contributed by atoms with van der Waals surface area (Å²) >= 11 is 0. The maximum atomic E-state index is 13.1. The molecule has 4 aromatic rings. The third-order valence-corrected chi connectivity index (χ3v) is 4.60. The highest BCUT2D eigenvalue weighted by Gasteiger charge is 2.13. The number of nitrogens with zero attached hydrogens (tertiary/aromatic N) is 4. The summed E-state index contributed by atoms with van der Waals surface area (Å²) in [4.78, 5) is 29.2. The highest BCUT2D eigenvalue weighted by molar-refractivity contribution is 5.84. The number of amides is 1. The molecule has 0 bridgehead atoms. The molecule has 0 radical (unpaired) electrons. The van der Waals surface area contributed by atoms with Crippen LogP contribution in [-0.4, -0.2) is 32.5 Å². The zero-order chi connectivity index (χ0) is 21.1. The summed E-state index contributed by atoms with van der Waals surface area (Å²) in [6, 6.07) is 13.1. The molecule has 8 nitrogen and oxygen atoms in total. The summed E-state index contributed by atoms with van der Waals surface area (Å²) in [7, 11) is 1.59. The van der Waals surface area contributed by atoms with E-state index in [0.29, 0.717) is 17.8 Å². The van der Waals surface area contributed by atoms with E-state index >= 15 is 0 Å². The first-order valence-corrected chi connectivity index (χ1v) is 9.19. The Kier molecular flexibility index (Phi) is 5.25. The van der Waals surface area contributed by atoms with E-state index in [-0.39, 0.29) is 23.5 Å². The van der Waals surface area contributed by atoms with Gasteiger partial charge in [-0.3, -0.25) is 15.0 Å². The summed E-state index contributed by atoms with van der Waals surface area (Å²) in [5.74, 6) is 0.0539. The number of aromatic nitrogens is 4. The molecule has 0 aliphatic carbocycles. The minimum Gasteiger partial charge on any atom is -0.497 e. The van der Waals surface area contributed by atoms with E-state index in [1.807, 2.05) is 24.3 Å². The van der Waals surface area contributed by atoms with Crippen LogP contribution in [-0.2, 0) is 11.2 Å². The van der Waals surface area contributed by atoms with Crippen molar-refractivity contribution in [2.45, 2.75) is 12.8 Å². The minimum atomic E-state index is -0.453. The molecule has 2 aromatic heterocycles. The zero-order valence-corrected chi connectivity index (χ0v) is 16.1. The van der Waals surface area contributed by atoms with Crippen molar-refractivity contribution in [1.82, 2.24) is 19.4 Å². The van der Waals surface area contributed by atoms with Crippen molar-refractivity contribution in [3.8, 4) is 11.4 Å². The van der Waals surface area contributed by atoms with E-state index in [9.17, 15) is 14.0 Å². The Morgan fingerprint density at radius 2 is 1.87 bits per heavy atom. The largest absolute Gasteiger partial charge is 0.497 e. The molecule has 1 N–H and O–H groups in total. The summed E-state index contributed by atoms with van der Waals surface area (Å²) in [5.41, 5.74) is 3.95. The Labute approximate surface area is 170 Å². The van der Waals surface area contributed by atoms with Gasteiger partial charge < -0.3 is 4.74 Å². The van der Waals surface area contributed by atoms with Gasteiger partial charge in [0.1, 0.15) is 23.3 Å². The summed E-state index contributed by atoms with van der Waals surface area (Å²) in [6.45, 7) is 0. The van der Waals surface area contributed by atoms with Crippen LogP contribution in [0, 0.1) is 5.82 Å². The second-order valence-corrected chi connectivity index (χ2v) is 6.57. The Balaban J connectivity index is 1.49. The van der Waals surface area contributed by atoms with E-state index in [1.165, 1.54) is 41.5 Å². The van der Waals surface area contributed by atoms with E-state index in [1.54, 1.807) is 7.11 Å². The van der Waals surface area contributed by atoms with Crippen molar-refractivity contribution in [3.05, 3.63) is 82.8 Å². The Bertz CT molecular complexity index is 1250. The second-order valence-electron chi connectivity index (χ2n) is 6.57. The smallest absolute Gasteiger partial charge is 0.283 e. The number of aryl methyl sites for hydroxylation is 1. The lowest BCUT2D eigenvalue weighted by Gasteiger charge is -2.08. The molecule has 0 aliphatic heterocycles. The van der Waals surface area contributed by atoms with Gasteiger partial charge in [-0.25, -0.2) is 18.7 Å². The summed E-state index contributed by atoms with van der Waals surface area (Å²) in [6.07, 6.45) is 3.32. The highest BCUT2D eigenvalue weighted by Crippen LogP contribution is 2.14. The van der Waals surface area contributed by atoms with Crippen molar-refractivity contribution in [2.24, 2.45) is 0 Å². The van der Waals surface area contributed by atoms with Crippen LogP contribution in [0.5, 0.6) is 5.75 Å². The van der Waals surface area contributed by atoms with E-state index in [4.69, 9.17) is 4.74 Å². The lowest BCUT2D eigenvalue weighted by atomic mass is 10.1. The predicted molar refractivity (Wildman–Crippen MR) is 109 cm³/mol. The number of hydrogen-bond donors (Lipinski definition) is 1. The van der Waals surface area contributed by atoms with Crippen LogP contribution in [0.25, 0.3) is 16.7 Å². The Morgan fingerprint density at radius 3 is 2.57 bits per heavy atom. The SMILES string of the molecule is COc1ccc(CCC(=O)Nn2cnc3c(cnn3-c3ccc(F)cc3)c2=O)cc1. The molecule has 2 heterocycles. The number of nitrogens with one attached hydrogen (secondary N) is 1. The topological polar surface area (TPSA) is 91.0 Å². The van der Waals surface area contributed by atoms with Crippen molar-refractivity contribution in [2.75, 3.05) is 12.5 Å². The lowest BCUT2D eigenvalue weighted by molar-refractivity contribution is -0.117. The molecule has 0 spiro atoms. The number of benzene rings is 2. The molecule has 4 rings (SSSR count). The van der Waals surface area contributed by atoms with Crippen LogP contribution < -0.4 is 15.7 Å². The fourth-order valence-corrected chi connectivity index (χ4v) is 3.00. The number of fused-ring (bicyclic) bond motifs is 1. The molecular formula is C21H18FN5O3. The number of carbonyl (C=O) groups is 1. The predicted octanol–water partition coefficient (Wildman–Crippen LogP) is 2.43. The normalized spacial score (nSPS) is 10.9. The first-order chi connectivity index (χ1) is 14.5. The van der Waals surface area contributed by atoms with Gasteiger partial charge >= 0.3 is 0 Å². The van der Waals surface area contributed by atoms with Crippen molar-refractivity contribution >= 4 is 16.9 Å². The van der Waals surface area contributed by atoms with Crippen LogP contribution >= 0.6 is 0 Å². The van der Waals surface area contributed by atoms with E-state index in [0.717, 1.165) is 16.0 Å². The Hall–Kier alpha value is -4.01. The maximum Gasteiger partial charge on any atom is 0.283 e. The fourth-order valence-electron chi connectivity index (χ4n) is 3.00. The molecule has 0 atom stereocenters. The first kappa shape index (κ1) is 19.3. The molecule has 0 saturated heterocycles. The minimum absolute atomic E-state index is 0.200. The second kappa shape index (κ2) is 8.16. The summed E-state index contributed by atoms with van der Waals surface area (Å²) in [5, 5.41) is 4.40. The average molecular weight is 407 g/mol. The van der Waals surface area contributed by atoms with Gasteiger partial charge in [-0.05, 0) is 48.4 Å². The number of ether oxygens (including phenoxy) is 1. The number of rotatable bonds is 6. The van der Waals surface area contributed by atoms with Gasteiger partial charge in [-0.1, -0.05) is 12.1 Å². The standard InChI is InChI=1S/C21H18FN5O3/c1-30-17-9-2-14(3-10-17)4-11-19(28)25-26-13-23-20-18(21(26)29)12-24-27(20)16-7-5-15(22)6-8-16/h2-3,5-10,12-13H,4,11H2,1H3,(H,25,28). The van der Waals surface area contributed by atoms with Crippen LogP contribution in [0.4, 0.5) is 4.39 Å². The van der Waals surface area contributed by atoms with Gasteiger partial charge in [0.15, 0.2) is 5.65 Å². The van der Waals surface area contributed by atoms with E-state index < -0.39 is 5.56 Å². The third-order valence-electron chi connectivity index (χ3n) is 4.60. The zero-order valence-electron chi connectivity index (χ0n) is 16.1. The average Bonchev–Trinajstić information content (AvgIpc) is 3.20. The summed E-state index contributed by atoms with van der Waals surface area (Å²) < 4.78 is 20.7. The van der Waals surface area contributed by atoms with Gasteiger partial charge in [0.25, 0.3) is 5.56 Å². The van der Waals surface area contributed by atoms with Crippen LogP contribution in [0.1, 0.15) is 12.0 Å². The fraction of sp³-hybridized carbons (Fsp3) is 0.143.